The molecule has 1 unspecified atom stereocenters. The average Bonchev–Trinajstić information content (AvgIpc) is 2.72. The van der Waals surface area contributed by atoms with E-state index in [0.717, 1.165) is 30.2 Å². The Kier molecular flexibility index (Phi) is 4.83. The zero-order valence-corrected chi connectivity index (χ0v) is 14.9. The van der Waals surface area contributed by atoms with Gasteiger partial charge in [0.15, 0.2) is 0 Å². The van der Waals surface area contributed by atoms with Crippen molar-refractivity contribution in [2.75, 3.05) is 6.54 Å². The standard InChI is InChI=1S/C22H21N3O2/c26-21(25-20-11-5-8-15-6-1-3-9-18(15)20)14-24-22(27)17-12-16-7-2-4-10-19(16)23-13-17/h1-4,6-7,9-10,12-13,20H,5,8,11,14H2,(H,24,27)(H,25,26). The lowest BCUT2D eigenvalue weighted by Crippen LogP contribution is -2.39. The highest BCUT2D eigenvalue weighted by Gasteiger charge is 2.21. The zero-order valence-electron chi connectivity index (χ0n) is 14.9. The summed E-state index contributed by atoms with van der Waals surface area (Å²) in [6, 6.07) is 17.6. The van der Waals surface area contributed by atoms with E-state index in [4.69, 9.17) is 0 Å². The van der Waals surface area contributed by atoms with E-state index >= 15 is 0 Å². The predicted octanol–water partition coefficient (Wildman–Crippen LogP) is 3.16. The SMILES string of the molecule is O=C(CNC(=O)c1cnc2ccccc2c1)NC1CCCc2ccccc21. The first-order chi connectivity index (χ1) is 13.2. The van der Waals surface area contributed by atoms with E-state index in [9.17, 15) is 9.59 Å². The molecule has 1 aliphatic carbocycles. The Morgan fingerprint density at radius 1 is 1.07 bits per heavy atom. The fraction of sp³-hybridized carbons (Fsp3) is 0.227. The number of benzene rings is 2. The number of hydrogen-bond donors (Lipinski definition) is 2. The lowest BCUT2D eigenvalue weighted by molar-refractivity contribution is -0.121. The van der Waals surface area contributed by atoms with Crippen molar-refractivity contribution >= 4 is 22.7 Å². The molecular formula is C22H21N3O2. The minimum Gasteiger partial charge on any atom is -0.348 e. The molecule has 1 aliphatic rings. The molecule has 2 amide bonds. The van der Waals surface area contributed by atoms with Crippen molar-refractivity contribution in [2.45, 2.75) is 25.3 Å². The molecule has 0 radical (unpaired) electrons. The smallest absolute Gasteiger partial charge is 0.253 e. The zero-order chi connectivity index (χ0) is 18.6. The van der Waals surface area contributed by atoms with Gasteiger partial charge >= 0.3 is 0 Å². The summed E-state index contributed by atoms with van der Waals surface area (Å²) in [5, 5.41) is 6.62. The summed E-state index contributed by atoms with van der Waals surface area (Å²) in [6.45, 7) is -0.0513. The molecule has 136 valence electrons. The van der Waals surface area contributed by atoms with Crippen LogP contribution in [0.2, 0.25) is 0 Å². The van der Waals surface area contributed by atoms with Gasteiger partial charge in [-0.3, -0.25) is 14.6 Å². The Morgan fingerprint density at radius 3 is 2.81 bits per heavy atom. The molecule has 1 atom stereocenters. The van der Waals surface area contributed by atoms with Gasteiger partial charge in [-0.2, -0.15) is 0 Å². The first kappa shape index (κ1) is 17.2. The van der Waals surface area contributed by atoms with E-state index in [1.54, 1.807) is 6.07 Å². The van der Waals surface area contributed by atoms with Gasteiger partial charge in [0.1, 0.15) is 0 Å². The summed E-state index contributed by atoms with van der Waals surface area (Å²) in [5.41, 5.74) is 3.76. The van der Waals surface area contributed by atoms with Crippen LogP contribution in [-0.2, 0) is 11.2 Å². The Morgan fingerprint density at radius 2 is 1.89 bits per heavy atom. The van der Waals surface area contributed by atoms with Crippen LogP contribution in [0.25, 0.3) is 10.9 Å². The second-order valence-corrected chi connectivity index (χ2v) is 6.81. The molecule has 2 aromatic carbocycles. The first-order valence-corrected chi connectivity index (χ1v) is 9.21. The topological polar surface area (TPSA) is 71.1 Å². The summed E-state index contributed by atoms with van der Waals surface area (Å²) < 4.78 is 0. The van der Waals surface area contributed by atoms with E-state index in [0.29, 0.717) is 5.56 Å². The second kappa shape index (κ2) is 7.58. The van der Waals surface area contributed by atoms with Gasteiger partial charge < -0.3 is 10.6 Å². The van der Waals surface area contributed by atoms with Crippen LogP contribution in [0.15, 0.2) is 60.8 Å². The number of para-hydroxylation sites is 1. The largest absolute Gasteiger partial charge is 0.348 e. The summed E-state index contributed by atoms with van der Waals surface area (Å²) >= 11 is 0. The normalized spacial score (nSPS) is 15.8. The highest BCUT2D eigenvalue weighted by atomic mass is 16.2. The van der Waals surface area contributed by atoms with Crippen molar-refractivity contribution in [3.8, 4) is 0 Å². The lowest BCUT2D eigenvalue weighted by Gasteiger charge is -2.26. The van der Waals surface area contributed by atoms with E-state index in [1.807, 2.05) is 36.4 Å². The number of rotatable bonds is 4. The van der Waals surface area contributed by atoms with Crippen LogP contribution < -0.4 is 10.6 Å². The van der Waals surface area contributed by atoms with Crippen LogP contribution in [0.4, 0.5) is 0 Å². The van der Waals surface area contributed by atoms with Gasteiger partial charge in [0, 0.05) is 11.6 Å². The number of pyridine rings is 1. The van der Waals surface area contributed by atoms with E-state index in [2.05, 4.69) is 27.8 Å². The Labute approximate surface area is 157 Å². The highest BCUT2D eigenvalue weighted by molar-refractivity contribution is 5.98. The van der Waals surface area contributed by atoms with E-state index < -0.39 is 0 Å². The lowest BCUT2D eigenvalue weighted by atomic mass is 9.88. The van der Waals surface area contributed by atoms with Crippen molar-refractivity contribution in [1.29, 1.82) is 0 Å². The molecule has 0 bridgehead atoms. The molecule has 5 heteroatoms. The second-order valence-electron chi connectivity index (χ2n) is 6.81. The van der Waals surface area contributed by atoms with Gasteiger partial charge in [-0.05, 0) is 42.5 Å². The fourth-order valence-electron chi connectivity index (χ4n) is 3.61. The minimum atomic E-state index is -0.299. The summed E-state index contributed by atoms with van der Waals surface area (Å²) in [7, 11) is 0. The van der Waals surface area contributed by atoms with Crippen molar-refractivity contribution in [3.05, 3.63) is 77.5 Å². The number of aryl methyl sites for hydroxylation is 1. The van der Waals surface area contributed by atoms with Gasteiger partial charge in [-0.15, -0.1) is 0 Å². The average molecular weight is 359 g/mol. The molecular weight excluding hydrogens is 338 g/mol. The van der Waals surface area contributed by atoms with Crippen molar-refractivity contribution in [3.63, 3.8) is 0 Å². The van der Waals surface area contributed by atoms with Gasteiger partial charge in [0.25, 0.3) is 5.91 Å². The van der Waals surface area contributed by atoms with E-state index in [-0.39, 0.29) is 24.4 Å². The van der Waals surface area contributed by atoms with Gasteiger partial charge in [-0.25, -0.2) is 0 Å². The Bertz CT molecular complexity index is 1000. The molecule has 3 aromatic rings. The van der Waals surface area contributed by atoms with Crippen LogP contribution in [0.1, 0.15) is 40.4 Å². The molecule has 27 heavy (non-hydrogen) atoms. The summed E-state index contributed by atoms with van der Waals surface area (Å²) in [4.78, 5) is 29.0. The fourth-order valence-corrected chi connectivity index (χ4v) is 3.61. The van der Waals surface area contributed by atoms with Gasteiger partial charge in [-0.1, -0.05) is 42.5 Å². The number of carbonyl (C=O) groups excluding carboxylic acids is 2. The number of fused-ring (bicyclic) bond motifs is 2. The van der Waals surface area contributed by atoms with Crippen molar-refractivity contribution in [2.24, 2.45) is 0 Å². The maximum Gasteiger partial charge on any atom is 0.253 e. The van der Waals surface area contributed by atoms with Gasteiger partial charge in [0.2, 0.25) is 5.91 Å². The maximum atomic E-state index is 12.4. The molecule has 0 saturated heterocycles. The first-order valence-electron chi connectivity index (χ1n) is 9.21. The molecule has 1 aromatic heterocycles. The number of carbonyl (C=O) groups is 2. The molecule has 0 aliphatic heterocycles. The number of aromatic nitrogens is 1. The molecule has 4 rings (SSSR count). The number of nitrogens with zero attached hydrogens (tertiary/aromatic N) is 1. The Hall–Kier alpha value is -3.21. The summed E-state index contributed by atoms with van der Waals surface area (Å²) in [6.07, 6.45) is 4.56. The predicted molar refractivity (Wildman–Crippen MR) is 104 cm³/mol. The van der Waals surface area contributed by atoms with Crippen LogP contribution in [-0.4, -0.2) is 23.3 Å². The summed E-state index contributed by atoms with van der Waals surface area (Å²) in [5.74, 6) is -0.480. The molecule has 0 saturated carbocycles. The quantitative estimate of drug-likeness (QED) is 0.752. The minimum absolute atomic E-state index is 0.0155. The molecule has 0 fully saturated rings. The Balaban J connectivity index is 1.37. The van der Waals surface area contributed by atoms with Crippen molar-refractivity contribution < 1.29 is 9.59 Å². The number of nitrogens with one attached hydrogen (secondary N) is 2. The molecule has 5 nitrogen and oxygen atoms in total. The number of amides is 2. The molecule has 0 spiro atoms. The highest BCUT2D eigenvalue weighted by Crippen LogP contribution is 2.29. The van der Waals surface area contributed by atoms with Crippen LogP contribution in [0.3, 0.4) is 0 Å². The van der Waals surface area contributed by atoms with Crippen LogP contribution >= 0.6 is 0 Å². The number of hydrogen-bond acceptors (Lipinski definition) is 3. The monoisotopic (exact) mass is 359 g/mol. The van der Waals surface area contributed by atoms with Crippen LogP contribution in [0.5, 0.6) is 0 Å². The molecule has 2 N–H and O–H groups in total. The van der Waals surface area contributed by atoms with Crippen molar-refractivity contribution in [1.82, 2.24) is 15.6 Å². The third-order valence-electron chi connectivity index (χ3n) is 4.97. The van der Waals surface area contributed by atoms with Crippen LogP contribution in [0, 0.1) is 0 Å². The maximum absolute atomic E-state index is 12.4. The van der Waals surface area contributed by atoms with E-state index in [1.165, 1.54) is 17.3 Å². The third kappa shape index (κ3) is 3.82. The van der Waals surface area contributed by atoms with Gasteiger partial charge in [0.05, 0.1) is 23.7 Å². The molecule has 1 heterocycles. The third-order valence-corrected chi connectivity index (χ3v) is 4.97.